The molecule has 1 atom stereocenters. The van der Waals surface area contributed by atoms with Crippen LogP contribution >= 0.6 is 0 Å². The summed E-state index contributed by atoms with van der Waals surface area (Å²) < 4.78 is 85.4. The number of hydrogen-bond donors (Lipinski definition) is 0. The maximum Gasteiger partial charge on any atom is 0.573 e. The smallest absolute Gasteiger partial charge is 0.406 e. The minimum atomic E-state index is -4.95. The van der Waals surface area contributed by atoms with Crippen molar-refractivity contribution in [3.8, 4) is 5.75 Å². The van der Waals surface area contributed by atoms with E-state index in [0.29, 0.717) is 24.3 Å². The number of hydrogen-bond acceptors (Lipinski definition) is 2. The summed E-state index contributed by atoms with van der Waals surface area (Å²) in [6.45, 7) is 0. The second-order valence-electron chi connectivity index (χ2n) is 2.73. The predicted octanol–water partition coefficient (Wildman–Crippen LogP) is 3.21. The fraction of sp³-hybridized carbons (Fsp3) is 0.250. The van der Waals surface area contributed by atoms with E-state index in [1.165, 1.54) is 0 Å². The van der Waals surface area contributed by atoms with E-state index in [1.54, 1.807) is 0 Å². The van der Waals surface area contributed by atoms with Gasteiger partial charge in [0.1, 0.15) is 5.75 Å². The second-order valence-corrected chi connectivity index (χ2v) is 4.21. The van der Waals surface area contributed by atoms with Gasteiger partial charge in [0, 0.05) is 4.90 Å². The van der Waals surface area contributed by atoms with Gasteiger partial charge in [-0.2, -0.15) is 13.2 Å². The molecule has 0 saturated heterocycles. The summed E-state index contributed by atoms with van der Waals surface area (Å²) in [6, 6.07) is 2.63. The average molecular weight is 278 g/mol. The lowest BCUT2D eigenvalue weighted by molar-refractivity contribution is -0.274. The normalized spacial score (nSPS) is 14.5. The van der Waals surface area contributed by atoms with Crippen LogP contribution in [0.15, 0.2) is 29.2 Å². The van der Waals surface area contributed by atoms with Crippen LogP contribution in [0.3, 0.4) is 0 Å². The topological polar surface area (TPSA) is 26.3 Å². The third-order valence-electron chi connectivity index (χ3n) is 1.48. The summed E-state index contributed by atoms with van der Waals surface area (Å²) in [5.41, 5.74) is -4.95. The molecule has 0 N–H and O–H groups in total. The maximum absolute atomic E-state index is 12.0. The number of alkyl halides is 6. The van der Waals surface area contributed by atoms with Crippen molar-refractivity contribution in [2.45, 2.75) is 16.8 Å². The summed E-state index contributed by atoms with van der Waals surface area (Å²) in [7, 11) is -3.27. The fourth-order valence-corrected chi connectivity index (χ4v) is 1.55. The molecule has 0 bridgehead atoms. The van der Waals surface area contributed by atoms with Crippen LogP contribution in [0.4, 0.5) is 26.3 Å². The number of halogens is 6. The molecule has 0 aromatic heterocycles. The van der Waals surface area contributed by atoms with Gasteiger partial charge in [0.25, 0.3) is 0 Å². The van der Waals surface area contributed by atoms with Crippen LogP contribution in [0.2, 0.25) is 0 Å². The molecule has 1 aromatic rings. The van der Waals surface area contributed by atoms with Crippen LogP contribution < -0.4 is 4.74 Å². The number of rotatable bonds is 2. The highest BCUT2D eigenvalue weighted by Crippen LogP contribution is 2.28. The lowest BCUT2D eigenvalue weighted by Gasteiger charge is -2.10. The molecule has 0 radical (unpaired) electrons. The summed E-state index contributed by atoms with van der Waals surface area (Å²) in [5.74, 6) is -0.680. The Morgan fingerprint density at radius 1 is 0.941 bits per heavy atom. The van der Waals surface area contributed by atoms with Crippen molar-refractivity contribution in [2.24, 2.45) is 0 Å². The van der Waals surface area contributed by atoms with Gasteiger partial charge in [-0.15, -0.1) is 13.2 Å². The van der Waals surface area contributed by atoms with E-state index in [2.05, 4.69) is 4.74 Å². The van der Waals surface area contributed by atoms with Gasteiger partial charge >= 0.3 is 11.9 Å². The molecule has 1 unspecified atom stereocenters. The SMILES string of the molecule is O=S(c1ccc(OC(F)(F)F)cc1)C(F)(F)F. The van der Waals surface area contributed by atoms with Crippen molar-refractivity contribution in [3.63, 3.8) is 0 Å². The summed E-state index contributed by atoms with van der Waals surface area (Å²) >= 11 is 0. The van der Waals surface area contributed by atoms with E-state index in [0.717, 1.165) is 0 Å². The first-order chi connectivity index (χ1) is 7.59. The highest BCUT2D eigenvalue weighted by molar-refractivity contribution is 7.86. The molecular weight excluding hydrogens is 274 g/mol. The van der Waals surface area contributed by atoms with Gasteiger partial charge in [0.05, 0.1) is 0 Å². The van der Waals surface area contributed by atoms with Crippen LogP contribution in [-0.4, -0.2) is 16.1 Å². The molecule has 1 rings (SSSR count). The Morgan fingerprint density at radius 3 is 1.76 bits per heavy atom. The van der Waals surface area contributed by atoms with E-state index in [-0.39, 0.29) is 0 Å². The Labute approximate surface area is 93.6 Å². The molecule has 96 valence electrons. The highest BCUT2D eigenvalue weighted by atomic mass is 32.2. The fourth-order valence-electron chi connectivity index (χ4n) is 0.899. The minimum Gasteiger partial charge on any atom is -0.406 e. The standard InChI is InChI=1S/C8H4F6O2S/c9-7(10,11)16-5-1-3-6(4-2-5)17(15)8(12,13)14/h1-4H. The Hall–Kier alpha value is -1.25. The van der Waals surface area contributed by atoms with Crippen molar-refractivity contribution in [1.82, 2.24) is 0 Å². The molecule has 0 amide bonds. The van der Waals surface area contributed by atoms with Gasteiger partial charge in [-0.05, 0) is 24.3 Å². The Morgan fingerprint density at radius 2 is 1.41 bits per heavy atom. The third kappa shape index (κ3) is 4.25. The zero-order valence-corrected chi connectivity index (χ0v) is 8.62. The Kier molecular flexibility index (Phi) is 3.70. The van der Waals surface area contributed by atoms with Crippen LogP contribution in [0, 0.1) is 0 Å². The zero-order chi connectivity index (χ0) is 13.3. The molecule has 0 aliphatic heterocycles. The molecule has 1 aromatic carbocycles. The molecule has 0 aliphatic rings. The van der Waals surface area contributed by atoms with Gasteiger partial charge in [0.2, 0.25) is 0 Å². The van der Waals surface area contributed by atoms with Crippen LogP contribution in [0.5, 0.6) is 5.75 Å². The lowest BCUT2D eigenvalue weighted by atomic mass is 10.3. The molecular formula is C8H4F6O2S. The minimum absolute atomic E-state index is 0.646. The largest absolute Gasteiger partial charge is 0.573 e. The summed E-state index contributed by atoms with van der Waals surface area (Å²) in [5, 5.41) is 0. The van der Waals surface area contributed by atoms with Crippen molar-refractivity contribution in [3.05, 3.63) is 24.3 Å². The van der Waals surface area contributed by atoms with E-state index < -0.39 is 33.3 Å². The first kappa shape index (κ1) is 13.8. The molecule has 17 heavy (non-hydrogen) atoms. The molecule has 0 spiro atoms. The van der Waals surface area contributed by atoms with Gasteiger partial charge in [-0.3, -0.25) is 0 Å². The van der Waals surface area contributed by atoms with E-state index >= 15 is 0 Å². The Bertz CT molecular complexity index is 408. The zero-order valence-electron chi connectivity index (χ0n) is 7.80. The predicted molar refractivity (Wildman–Crippen MR) is 45.6 cm³/mol. The third-order valence-corrected chi connectivity index (χ3v) is 2.60. The second kappa shape index (κ2) is 4.55. The number of ether oxygens (including phenoxy) is 1. The molecule has 0 heterocycles. The lowest BCUT2D eigenvalue weighted by Crippen LogP contribution is -2.18. The van der Waals surface area contributed by atoms with Crippen molar-refractivity contribution in [1.29, 1.82) is 0 Å². The van der Waals surface area contributed by atoms with Gasteiger partial charge < -0.3 is 4.74 Å². The first-order valence-corrected chi connectivity index (χ1v) is 5.09. The van der Waals surface area contributed by atoms with Gasteiger partial charge in [0.15, 0.2) is 10.8 Å². The molecule has 0 saturated carbocycles. The molecule has 2 nitrogen and oxygen atoms in total. The van der Waals surface area contributed by atoms with Gasteiger partial charge in [-0.1, -0.05) is 0 Å². The first-order valence-electron chi connectivity index (χ1n) is 3.94. The van der Waals surface area contributed by atoms with E-state index in [1.807, 2.05) is 0 Å². The number of benzene rings is 1. The Balaban J connectivity index is 2.86. The van der Waals surface area contributed by atoms with E-state index in [4.69, 9.17) is 0 Å². The monoisotopic (exact) mass is 278 g/mol. The van der Waals surface area contributed by atoms with Crippen molar-refractivity contribution in [2.75, 3.05) is 0 Å². The quantitative estimate of drug-likeness (QED) is 0.776. The van der Waals surface area contributed by atoms with Crippen molar-refractivity contribution >= 4 is 10.8 Å². The highest BCUT2D eigenvalue weighted by Gasteiger charge is 2.38. The van der Waals surface area contributed by atoms with Crippen LogP contribution in [0.1, 0.15) is 0 Å². The van der Waals surface area contributed by atoms with Gasteiger partial charge in [-0.25, -0.2) is 4.21 Å². The van der Waals surface area contributed by atoms with Crippen molar-refractivity contribution < 1.29 is 35.3 Å². The van der Waals surface area contributed by atoms with Crippen LogP contribution in [-0.2, 0) is 10.8 Å². The summed E-state index contributed by atoms with van der Waals surface area (Å²) in [4.78, 5) is -0.646. The molecule has 0 fully saturated rings. The van der Waals surface area contributed by atoms with E-state index in [9.17, 15) is 30.6 Å². The summed E-state index contributed by atoms with van der Waals surface area (Å²) in [6.07, 6.45) is -4.93. The maximum atomic E-state index is 12.0. The van der Waals surface area contributed by atoms with Crippen LogP contribution in [0.25, 0.3) is 0 Å². The molecule has 9 heteroatoms. The molecule has 0 aliphatic carbocycles. The average Bonchev–Trinajstić information content (AvgIpc) is 2.14.